The molecule has 0 amide bonds. The molecule has 3 aromatic carbocycles. The van der Waals surface area contributed by atoms with E-state index in [4.69, 9.17) is 4.18 Å². The number of para-hydroxylation sites is 1. The fraction of sp³-hybridized carbons (Fsp3) is 0.182. The number of aryl methyl sites for hydroxylation is 1. The van der Waals surface area contributed by atoms with Gasteiger partial charge >= 0.3 is 10.1 Å². The van der Waals surface area contributed by atoms with Gasteiger partial charge in [0.15, 0.2) is 10.6 Å². The van der Waals surface area contributed by atoms with Gasteiger partial charge in [-0.05, 0) is 72.2 Å². The highest BCUT2D eigenvalue weighted by molar-refractivity contribution is 7.87. The molecule has 1 heterocycles. The Balaban J connectivity index is 1.70. The van der Waals surface area contributed by atoms with Gasteiger partial charge in [-0.1, -0.05) is 44.2 Å². The number of allylic oxidation sites excluding steroid dienone is 5. The Morgan fingerprint density at radius 1 is 1.02 bits per heavy atom. The van der Waals surface area contributed by atoms with Gasteiger partial charge in [-0.25, -0.2) is 4.98 Å². The minimum absolute atomic E-state index is 0.0113. The number of hydrogen-bond acceptors (Lipinski definition) is 11. The third kappa shape index (κ3) is 6.94. The number of nitriles is 2. The number of rotatable bonds is 8. The molecule has 0 saturated heterocycles. The fourth-order valence-corrected chi connectivity index (χ4v) is 7.48. The van der Waals surface area contributed by atoms with Crippen molar-refractivity contribution < 1.29 is 22.4 Å². The standard InChI is InChI=1S/C33H25N5O7S2/c1-20-12-22(9-8-21-14-23(24(18-34)19-35)17-33(2,3)16-21)31(26(13-20)32-36-27-6-4-5-7-29(27)46-32)45-47(43,44)30-11-10-25(37(39)40)15-28(30)38(41)42/h4-15H,16-17H2,1-3H3. The van der Waals surface area contributed by atoms with E-state index in [1.54, 1.807) is 30.4 Å². The molecule has 0 spiro atoms. The summed E-state index contributed by atoms with van der Waals surface area (Å²) in [4.78, 5) is 25.0. The van der Waals surface area contributed by atoms with Crippen molar-refractivity contribution in [2.75, 3.05) is 0 Å². The van der Waals surface area contributed by atoms with E-state index in [2.05, 4.69) is 4.98 Å². The van der Waals surface area contributed by atoms with Gasteiger partial charge in [0, 0.05) is 11.6 Å². The normalized spacial score (nSPS) is 14.3. The summed E-state index contributed by atoms with van der Waals surface area (Å²) in [5, 5.41) is 42.5. The predicted octanol–water partition coefficient (Wildman–Crippen LogP) is 7.96. The summed E-state index contributed by atoms with van der Waals surface area (Å²) >= 11 is 1.30. The Morgan fingerprint density at radius 2 is 1.74 bits per heavy atom. The molecule has 14 heteroatoms. The lowest BCUT2D eigenvalue weighted by atomic mass is 9.74. The quantitative estimate of drug-likeness (QED) is 0.0771. The van der Waals surface area contributed by atoms with E-state index in [0.29, 0.717) is 46.1 Å². The highest BCUT2D eigenvalue weighted by Crippen LogP contribution is 2.43. The van der Waals surface area contributed by atoms with Gasteiger partial charge < -0.3 is 4.18 Å². The van der Waals surface area contributed by atoms with E-state index < -0.39 is 36.2 Å². The molecule has 0 unspecified atom stereocenters. The molecule has 0 saturated carbocycles. The average Bonchev–Trinajstić information content (AvgIpc) is 3.44. The molecule has 12 nitrogen and oxygen atoms in total. The van der Waals surface area contributed by atoms with E-state index in [1.807, 2.05) is 57.2 Å². The number of nitro benzene ring substituents is 2. The van der Waals surface area contributed by atoms with Crippen LogP contribution in [-0.2, 0) is 10.1 Å². The van der Waals surface area contributed by atoms with Crippen molar-refractivity contribution in [1.29, 1.82) is 10.5 Å². The van der Waals surface area contributed by atoms with Crippen LogP contribution in [0, 0.1) is 55.2 Å². The molecule has 1 aromatic heterocycles. The third-order valence-corrected chi connectivity index (χ3v) is 9.67. The molecule has 0 aliphatic heterocycles. The maximum absolute atomic E-state index is 13.8. The van der Waals surface area contributed by atoms with E-state index in [-0.39, 0.29) is 16.7 Å². The third-order valence-electron chi connectivity index (χ3n) is 7.33. The molecule has 47 heavy (non-hydrogen) atoms. The van der Waals surface area contributed by atoms with Crippen molar-refractivity contribution in [2.45, 2.75) is 38.5 Å². The molecule has 5 rings (SSSR count). The fourth-order valence-electron chi connectivity index (χ4n) is 5.38. The van der Waals surface area contributed by atoms with Crippen molar-refractivity contribution in [3.05, 3.63) is 115 Å². The Labute approximate surface area is 273 Å². The van der Waals surface area contributed by atoms with Gasteiger partial charge in [-0.3, -0.25) is 20.2 Å². The predicted molar refractivity (Wildman–Crippen MR) is 176 cm³/mol. The Morgan fingerprint density at radius 3 is 2.40 bits per heavy atom. The van der Waals surface area contributed by atoms with Crippen LogP contribution in [0.1, 0.15) is 37.8 Å². The van der Waals surface area contributed by atoms with Crippen LogP contribution in [0.3, 0.4) is 0 Å². The number of non-ortho nitro benzene ring substituents is 1. The summed E-state index contributed by atoms with van der Waals surface area (Å²) in [7, 11) is -4.93. The molecular formula is C33H25N5O7S2. The van der Waals surface area contributed by atoms with E-state index in [0.717, 1.165) is 28.0 Å². The Kier molecular flexibility index (Phi) is 8.76. The molecule has 0 atom stereocenters. The molecule has 1 aliphatic rings. The molecule has 0 N–H and O–H groups in total. The summed E-state index contributed by atoms with van der Waals surface area (Å²) in [6.07, 6.45) is 6.27. The zero-order chi connectivity index (χ0) is 34.1. The largest absolute Gasteiger partial charge is 0.377 e. The number of hydrogen-bond donors (Lipinski definition) is 0. The first-order valence-corrected chi connectivity index (χ1v) is 16.2. The van der Waals surface area contributed by atoms with Crippen LogP contribution in [0.4, 0.5) is 11.4 Å². The SMILES string of the molecule is Cc1cc(C=CC2=CC(=C(C#N)C#N)CC(C)(C)C2)c(OS(=O)(=O)c2ccc([N+](=O)[O-])cc2[N+](=O)[O-])c(-c2nc3ccccc3s2)c1. The second-order valence-electron chi connectivity index (χ2n) is 11.6. The number of fused-ring (bicyclic) bond motifs is 1. The lowest BCUT2D eigenvalue weighted by Gasteiger charge is -2.30. The molecule has 0 radical (unpaired) electrons. The summed E-state index contributed by atoms with van der Waals surface area (Å²) in [6, 6.07) is 16.8. The van der Waals surface area contributed by atoms with Gasteiger partial charge in [0.25, 0.3) is 11.4 Å². The number of nitro groups is 2. The van der Waals surface area contributed by atoms with E-state index in [1.165, 1.54) is 11.3 Å². The minimum atomic E-state index is -4.93. The van der Waals surface area contributed by atoms with Crippen LogP contribution in [0.2, 0.25) is 0 Å². The average molecular weight is 668 g/mol. The molecular weight excluding hydrogens is 643 g/mol. The summed E-state index contributed by atoms with van der Waals surface area (Å²) in [6.45, 7) is 5.83. The van der Waals surface area contributed by atoms with Gasteiger partial charge in [0.05, 0.1) is 31.7 Å². The number of benzene rings is 3. The first-order valence-electron chi connectivity index (χ1n) is 14.0. The van der Waals surface area contributed by atoms with Gasteiger partial charge in [0.2, 0.25) is 0 Å². The second kappa shape index (κ2) is 12.6. The first kappa shape index (κ1) is 32.7. The highest BCUT2D eigenvalue weighted by atomic mass is 32.2. The Hall–Kier alpha value is -5.70. The zero-order valence-electron chi connectivity index (χ0n) is 25.3. The van der Waals surface area contributed by atoms with Gasteiger partial charge in [-0.2, -0.15) is 18.9 Å². The van der Waals surface area contributed by atoms with Gasteiger partial charge in [0.1, 0.15) is 22.7 Å². The van der Waals surface area contributed by atoms with Crippen molar-refractivity contribution in [3.8, 4) is 28.5 Å². The Bertz CT molecular complexity index is 2220. The molecule has 1 aliphatic carbocycles. The van der Waals surface area contributed by atoms with Crippen LogP contribution in [-0.4, -0.2) is 23.2 Å². The number of thiazole rings is 1. The van der Waals surface area contributed by atoms with Crippen LogP contribution in [0.15, 0.2) is 88.4 Å². The maximum Gasteiger partial charge on any atom is 0.346 e. The second-order valence-corrected chi connectivity index (χ2v) is 14.2. The lowest BCUT2D eigenvalue weighted by Crippen LogP contribution is -2.17. The monoisotopic (exact) mass is 667 g/mol. The zero-order valence-corrected chi connectivity index (χ0v) is 26.9. The first-order chi connectivity index (χ1) is 22.2. The van der Waals surface area contributed by atoms with Crippen LogP contribution in [0.5, 0.6) is 5.75 Å². The summed E-state index contributed by atoms with van der Waals surface area (Å²) < 4.78 is 34.1. The van der Waals surface area contributed by atoms with Crippen molar-refractivity contribution in [2.24, 2.45) is 5.41 Å². The van der Waals surface area contributed by atoms with Crippen molar-refractivity contribution in [1.82, 2.24) is 4.98 Å². The summed E-state index contributed by atoms with van der Waals surface area (Å²) in [5.74, 6) is -0.153. The van der Waals surface area contributed by atoms with Crippen LogP contribution in [0.25, 0.3) is 26.9 Å². The maximum atomic E-state index is 13.8. The summed E-state index contributed by atoms with van der Waals surface area (Å²) in [5.41, 5.74) is 1.47. The molecule has 0 bridgehead atoms. The molecule has 4 aromatic rings. The van der Waals surface area contributed by atoms with Crippen LogP contribution < -0.4 is 4.18 Å². The topological polar surface area (TPSA) is 190 Å². The van der Waals surface area contributed by atoms with E-state index >= 15 is 0 Å². The van der Waals surface area contributed by atoms with Crippen molar-refractivity contribution >= 4 is 49.1 Å². The number of aromatic nitrogens is 1. The number of nitrogens with zero attached hydrogens (tertiary/aromatic N) is 5. The smallest absolute Gasteiger partial charge is 0.346 e. The lowest BCUT2D eigenvalue weighted by molar-refractivity contribution is -0.396. The van der Waals surface area contributed by atoms with E-state index in [9.17, 15) is 39.2 Å². The minimum Gasteiger partial charge on any atom is -0.377 e. The van der Waals surface area contributed by atoms with Crippen LogP contribution >= 0.6 is 11.3 Å². The molecule has 0 fully saturated rings. The van der Waals surface area contributed by atoms with Gasteiger partial charge in [-0.15, -0.1) is 11.3 Å². The van der Waals surface area contributed by atoms with Crippen molar-refractivity contribution in [3.63, 3.8) is 0 Å². The highest BCUT2D eigenvalue weighted by Gasteiger charge is 2.32. The molecule has 236 valence electrons.